The van der Waals surface area contributed by atoms with Gasteiger partial charge < -0.3 is 9.64 Å². The molecule has 1 aromatic rings. The summed E-state index contributed by atoms with van der Waals surface area (Å²) < 4.78 is 42.9. The molecule has 1 fully saturated rings. The van der Waals surface area contributed by atoms with Crippen molar-refractivity contribution >= 4 is 0 Å². The second-order valence-electron chi connectivity index (χ2n) is 5.01. The Morgan fingerprint density at radius 1 is 1.16 bits per heavy atom. The van der Waals surface area contributed by atoms with Crippen LogP contribution in [0.5, 0.6) is 0 Å². The number of nitrogens with zero attached hydrogens (tertiary/aromatic N) is 1. The number of hydrogen-bond donors (Lipinski definition) is 0. The van der Waals surface area contributed by atoms with E-state index in [1.165, 1.54) is 12.1 Å². The average Bonchev–Trinajstić information content (AvgIpc) is 2.37. The smallest absolute Gasteiger partial charge is 0.373 e. The monoisotopic (exact) mass is 273 g/mol. The van der Waals surface area contributed by atoms with Gasteiger partial charge in [-0.15, -0.1) is 0 Å². The predicted octanol–water partition coefficient (Wildman–Crippen LogP) is 3.32. The third-order valence-electron chi connectivity index (χ3n) is 3.43. The molecule has 0 atom stereocenters. The van der Waals surface area contributed by atoms with E-state index in [0.29, 0.717) is 6.61 Å². The van der Waals surface area contributed by atoms with Gasteiger partial charge in [0.15, 0.2) is 0 Å². The normalized spacial score (nSPS) is 18.7. The lowest BCUT2D eigenvalue weighted by Gasteiger charge is -2.28. The first-order chi connectivity index (χ1) is 8.95. The van der Waals surface area contributed by atoms with E-state index in [4.69, 9.17) is 4.74 Å². The summed E-state index contributed by atoms with van der Waals surface area (Å²) in [6, 6.07) is 5.18. The number of piperidine rings is 1. The van der Waals surface area contributed by atoms with E-state index in [2.05, 4.69) is 11.9 Å². The summed E-state index contributed by atoms with van der Waals surface area (Å²) in [6.07, 6.45) is -2.08. The van der Waals surface area contributed by atoms with Crippen LogP contribution in [0.3, 0.4) is 0 Å². The Kier molecular flexibility index (Phi) is 4.47. The Morgan fingerprint density at radius 2 is 1.74 bits per heavy atom. The van der Waals surface area contributed by atoms with Crippen molar-refractivity contribution in [3.8, 4) is 0 Å². The van der Waals surface area contributed by atoms with Crippen molar-refractivity contribution in [3.63, 3.8) is 0 Å². The van der Waals surface area contributed by atoms with Crippen LogP contribution in [0.25, 0.3) is 0 Å². The highest BCUT2D eigenvalue weighted by Crippen LogP contribution is 2.29. The summed E-state index contributed by atoms with van der Waals surface area (Å²) in [5, 5.41) is 0. The van der Waals surface area contributed by atoms with Crippen molar-refractivity contribution in [3.05, 3.63) is 35.4 Å². The van der Waals surface area contributed by atoms with Crippen molar-refractivity contribution in [2.45, 2.75) is 31.7 Å². The third-order valence-corrected chi connectivity index (χ3v) is 3.43. The van der Waals surface area contributed by atoms with E-state index in [0.717, 1.165) is 43.6 Å². The van der Waals surface area contributed by atoms with Gasteiger partial charge in [-0.3, -0.25) is 0 Å². The van der Waals surface area contributed by atoms with Crippen LogP contribution in [-0.4, -0.2) is 31.1 Å². The van der Waals surface area contributed by atoms with Crippen LogP contribution < -0.4 is 0 Å². The molecule has 0 unspecified atom stereocenters. The van der Waals surface area contributed by atoms with Gasteiger partial charge in [0.05, 0.1) is 18.3 Å². The Hall–Kier alpha value is -1.07. The first kappa shape index (κ1) is 14.3. The van der Waals surface area contributed by atoms with Crippen molar-refractivity contribution in [1.29, 1.82) is 0 Å². The zero-order valence-electron chi connectivity index (χ0n) is 10.9. The Balaban J connectivity index is 1.83. The first-order valence-electron chi connectivity index (χ1n) is 6.41. The summed E-state index contributed by atoms with van der Waals surface area (Å²) in [6.45, 7) is 2.40. The van der Waals surface area contributed by atoms with Gasteiger partial charge in [0.2, 0.25) is 0 Å². The molecule has 0 aliphatic carbocycles. The van der Waals surface area contributed by atoms with Crippen LogP contribution in [0.4, 0.5) is 13.2 Å². The molecule has 1 saturated heterocycles. The topological polar surface area (TPSA) is 12.5 Å². The molecule has 1 aliphatic heterocycles. The quantitative estimate of drug-likeness (QED) is 0.837. The van der Waals surface area contributed by atoms with Crippen LogP contribution in [0.15, 0.2) is 24.3 Å². The van der Waals surface area contributed by atoms with Gasteiger partial charge in [0, 0.05) is 13.1 Å². The predicted molar refractivity (Wildman–Crippen MR) is 66.8 cm³/mol. The summed E-state index contributed by atoms with van der Waals surface area (Å²) in [4.78, 5) is 2.25. The standard InChI is InChI=1S/C14H18F3NO/c1-18-8-6-13(7-9-18)19-10-11-2-4-12(5-3-11)14(15,16)17/h2-5,13H,6-10H2,1H3. The van der Waals surface area contributed by atoms with Gasteiger partial charge in [-0.1, -0.05) is 12.1 Å². The molecule has 1 heterocycles. The molecule has 0 N–H and O–H groups in total. The lowest BCUT2D eigenvalue weighted by molar-refractivity contribution is -0.137. The number of rotatable bonds is 3. The zero-order valence-corrected chi connectivity index (χ0v) is 10.9. The van der Waals surface area contributed by atoms with E-state index in [-0.39, 0.29) is 6.10 Å². The lowest BCUT2D eigenvalue weighted by Crippen LogP contribution is -2.34. The lowest BCUT2D eigenvalue weighted by atomic mass is 10.1. The molecule has 5 heteroatoms. The minimum atomic E-state index is -4.27. The Labute approximate surface area is 111 Å². The number of benzene rings is 1. The molecule has 0 radical (unpaired) electrons. The number of hydrogen-bond acceptors (Lipinski definition) is 2. The van der Waals surface area contributed by atoms with E-state index in [9.17, 15) is 13.2 Å². The first-order valence-corrected chi connectivity index (χ1v) is 6.41. The van der Waals surface area contributed by atoms with Gasteiger partial charge in [0.25, 0.3) is 0 Å². The summed E-state index contributed by atoms with van der Waals surface area (Å²) in [5.41, 5.74) is 0.169. The molecular weight excluding hydrogens is 255 g/mol. The largest absolute Gasteiger partial charge is 0.416 e. The molecule has 0 saturated carbocycles. The number of likely N-dealkylation sites (tertiary alicyclic amines) is 1. The second-order valence-corrected chi connectivity index (χ2v) is 5.01. The Morgan fingerprint density at radius 3 is 2.26 bits per heavy atom. The molecule has 0 aromatic heterocycles. The van der Waals surface area contributed by atoms with E-state index in [1.807, 2.05) is 0 Å². The third kappa shape index (κ3) is 4.21. The van der Waals surface area contributed by atoms with Gasteiger partial charge in [0.1, 0.15) is 0 Å². The van der Waals surface area contributed by atoms with Crippen LogP contribution in [-0.2, 0) is 17.5 Å². The van der Waals surface area contributed by atoms with Crippen molar-refractivity contribution in [2.24, 2.45) is 0 Å². The molecular formula is C14H18F3NO. The molecule has 2 nitrogen and oxygen atoms in total. The van der Waals surface area contributed by atoms with Crippen molar-refractivity contribution < 1.29 is 17.9 Å². The Bertz CT molecular complexity index is 394. The van der Waals surface area contributed by atoms with E-state index in [1.54, 1.807) is 0 Å². The molecule has 1 aromatic carbocycles. The van der Waals surface area contributed by atoms with Gasteiger partial charge in [-0.2, -0.15) is 13.2 Å². The SMILES string of the molecule is CN1CCC(OCc2ccc(C(F)(F)F)cc2)CC1. The molecule has 0 bridgehead atoms. The van der Waals surface area contributed by atoms with E-state index < -0.39 is 11.7 Å². The fourth-order valence-electron chi connectivity index (χ4n) is 2.16. The van der Waals surface area contributed by atoms with Crippen LogP contribution in [0.1, 0.15) is 24.0 Å². The number of ether oxygens (including phenoxy) is 1. The van der Waals surface area contributed by atoms with E-state index >= 15 is 0 Å². The van der Waals surface area contributed by atoms with Gasteiger partial charge >= 0.3 is 6.18 Å². The van der Waals surface area contributed by atoms with Crippen LogP contribution >= 0.6 is 0 Å². The molecule has 0 amide bonds. The van der Waals surface area contributed by atoms with Crippen molar-refractivity contribution in [2.75, 3.05) is 20.1 Å². The molecule has 0 spiro atoms. The molecule has 106 valence electrons. The zero-order chi connectivity index (χ0) is 13.9. The molecule has 1 aliphatic rings. The molecule has 2 rings (SSSR count). The van der Waals surface area contributed by atoms with Gasteiger partial charge in [-0.25, -0.2) is 0 Å². The highest BCUT2D eigenvalue weighted by Gasteiger charge is 2.29. The summed E-state index contributed by atoms with van der Waals surface area (Å²) in [7, 11) is 2.08. The highest BCUT2D eigenvalue weighted by molar-refractivity contribution is 5.24. The van der Waals surface area contributed by atoms with Gasteiger partial charge in [-0.05, 0) is 37.6 Å². The van der Waals surface area contributed by atoms with Crippen LogP contribution in [0.2, 0.25) is 0 Å². The van der Waals surface area contributed by atoms with Crippen LogP contribution in [0, 0.1) is 0 Å². The average molecular weight is 273 g/mol. The number of halogens is 3. The maximum atomic E-state index is 12.4. The number of alkyl halides is 3. The maximum Gasteiger partial charge on any atom is 0.416 e. The van der Waals surface area contributed by atoms with Crippen molar-refractivity contribution in [1.82, 2.24) is 4.90 Å². The molecule has 19 heavy (non-hydrogen) atoms. The minimum Gasteiger partial charge on any atom is -0.373 e. The fraction of sp³-hybridized carbons (Fsp3) is 0.571. The maximum absolute atomic E-state index is 12.4. The summed E-state index contributed by atoms with van der Waals surface area (Å²) in [5.74, 6) is 0. The fourth-order valence-corrected chi connectivity index (χ4v) is 2.16. The highest BCUT2D eigenvalue weighted by atomic mass is 19.4. The second kappa shape index (κ2) is 5.92. The summed E-state index contributed by atoms with van der Waals surface area (Å²) >= 11 is 0. The minimum absolute atomic E-state index is 0.221.